The molecule has 0 bridgehead atoms. The third-order valence-electron chi connectivity index (χ3n) is 4.49. The molecule has 0 radical (unpaired) electrons. The van der Waals surface area contributed by atoms with Gasteiger partial charge in [-0.1, -0.05) is 29.8 Å². The summed E-state index contributed by atoms with van der Waals surface area (Å²) in [6.45, 7) is 5.26. The average Bonchev–Trinajstić information content (AvgIpc) is 3.08. The Bertz CT molecular complexity index is 772. The number of nitrogens with zero attached hydrogens (tertiary/aromatic N) is 1. The first kappa shape index (κ1) is 18.5. The van der Waals surface area contributed by atoms with Crippen molar-refractivity contribution in [1.82, 2.24) is 5.32 Å². The van der Waals surface area contributed by atoms with Gasteiger partial charge in [0.25, 0.3) is 0 Å². The number of carbonyl (C=O) groups is 2. The maximum Gasteiger partial charge on any atom is 0.233 e. The lowest BCUT2D eigenvalue weighted by Crippen LogP contribution is -2.30. The van der Waals surface area contributed by atoms with Crippen molar-refractivity contribution >= 4 is 29.3 Å². The van der Waals surface area contributed by atoms with Gasteiger partial charge in [0.05, 0.1) is 5.25 Å². The third kappa shape index (κ3) is 4.67. The van der Waals surface area contributed by atoms with Crippen molar-refractivity contribution in [2.75, 3.05) is 11.4 Å². The largest absolute Gasteiger partial charge is 0.351 e. The summed E-state index contributed by atoms with van der Waals surface area (Å²) in [7, 11) is 0. The summed E-state index contributed by atoms with van der Waals surface area (Å²) in [4.78, 5) is 27.0. The highest BCUT2D eigenvalue weighted by atomic mass is 32.2. The first-order valence-electron chi connectivity index (χ1n) is 8.93. The van der Waals surface area contributed by atoms with Gasteiger partial charge in [-0.05, 0) is 50.1 Å². The number of aryl methyl sites for hydroxylation is 1. The minimum atomic E-state index is -0.154. The Morgan fingerprint density at radius 2 is 1.85 bits per heavy atom. The molecule has 1 atom stereocenters. The molecule has 1 N–H and O–H groups in total. The summed E-state index contributed by atoms with van der Waals surface area (Å²) < 4.78 is 0. The standard InChI is InChI=1S/C21H24N2O2S/c1-15-5-11-19(12-6-15)26-16(2)21(25)22-14-17-7-9-18(10-8-17)23-13-3-4-20(23)24/h5-12,16H,3-4,13-14H2,1-2H3,(H,22,25)/t16-/m0/s1. The van der Waals surface area contributed by atoms with Crippen LogP contribution in [0.25, 0.3) is 0 Å². The van der Waals surface area contributed by atoms with Gasteiger partial charge in [-0.3, -0.25) is 9.59 Å². The maximum absolute atomic E-state index is 12.3. The molecule has 2 aromatic carbocycles. The minimum absolute atomic E-state index is 0.0226. The predicted octanol–water partition coefficient (Wildman–Crippen LogP) is 3.92. The van der Waals surface area contributed by atoms with Crippen LogP contribution in [0.2, 0.25) is 0 Å². The summed E-state index contributed by atoms with van der Waals surface area (Å²) >= 11 is 1.56. The first-order valence-corrected chi connectivity index (χ1v) is 9.81. The summed E-state index contributed by atoms with van der Waals surface area (Å²) in [6.07, 6.45) is 1.56. The molecule has 4 nitrogen and oxygen atoms in total. The maximum atomic E-state index is 12.3. The fourth-order valence-electron chi connectivity index (χ4n) is 2.92. The molecule has 1 saturated heterocycles. The highest BCUT2D eigenvalue weighted by Gasteiger charge is 2.21. The zero-order valence-electron chi connectivity index (χ0n) is 15.2. The molecule has 136 valence electrons. The second-order valence-corrected chi connectivity index (χ2v) is 8.02. The second kappa shape index (κ2) is 8.41. The van der Waals surface area contributed by atoms with E-state index in [1.165, 1.54) is 5.56 Å². The molecule has 0 aliphatic carbocycles. The molecule has 2 amide bonds. The lowest BCUT2D eigenvalue weighted by atomic mass is 10.2. The normalized spacial score (nSPS) is 15.2. The van der Waals surface area contributed by atoms with Crippen molar-refractivity contribution in [1.29, 1.82) is 0 Å². The molecule has 1 aliphatic rings. The number of benzene rings is 2. The van der Waals surface area contributed by atoms with Gasteiger partial charge >= 0.3 is 0 Å². The van der Waals surface area contributed by atoms with Crippen LogP contribution in [0.5, 0.6) is 0 Å². The summed E-state index contributed by atoms with van der Waals surface area (Å²) in [5.41, 5.74) is 3.18. The molecule has 0 saturated carbocycles. The Morgan fingerprint density at radius 3 is 2.46 bits per heavy atom. The monoisotopic (exact) mass is 368 g/mol. The van der Waals surface area contributed by atoms with E-state index in [-0.39, 0.29) is 17.1 Å². The minimum Gasteiger partial charge on any atom is -0.351 e. The number of hydrogen-bond acceptors (Lipinski definition) is 3. The number of amides is 2. The summed E-state index contributed by atoms with van der Waals surface area (Å²) in [5.74, 6) is 0.211. The second-order valence-electron chi connectivity index (χ2n) is 6.61. The quantitative estimate of drug-likeness (QED) is 0.786. The summed E-state index contributed by atoms with van der Waals surface area (Å²) in [5, 5.41) is 2.83. The number of anilines is 1. The van der Waals surface area contributed by atoms with Crippen molar-refractivity contribution in [3.63, 3.8) is 0 Å². The van der Waals surface area contributed by atoms with Crippen LogP contribution in [-0.4, -0.2) is 23.6 Å². The molecule has 0 aromatic heterocycles. The Morgan fingerprint density at radius 1 is 1.15 bits per heavy atom. The lowest BCUT2D eigenvalue weighted by molar-refractivity contribution is -0.120. The molecule has 0 unspecified atom stereocenters. The van der Waals surface area contributed by atoms with Crippen LogP contribution in [0.4, 0.5) is 5.69 Å². The van der Waals surface area contributed by atoms with E-state index in [9.17, 15) is 9.59 Å². The number of rotatable bonds is 6. The Kier molecular flexibility index (Phi) is 5.99. The van der Waals surface area contributed by atoms with Gasteiger partial charge in [0.2, 0.25) is 11.8 Å². The molecule has 2 aromatic rings. The first-order chi connectivity index (χ1) is 12.5. The average molecular weight is 369 g/mol. The molecule has 1 fully saturated rings. The summed E-state index contributed by atoms with van der Waals surface area (Å²) in [6, 6.07) is 16.0. The van der Waals surface area contributed by atoms with Crippen molar-refractivity contribution in [2.45, 2.75) is 43.4 Å². The van der Waals surface area contributed by atoms with Crippen LogP contribution in [0.1, 0.15) is 30.9 Å². The van der Waals surface area contributed by atoms with Crippen LogP contribution in [0.15, 0.2) is 53.4 Å². The molecule has 26 heavy (non-hydrogen) atoms. The molecule has 5 heteroatoms. The fourth-order valence-corrected chi connectivity index (χ4v) is 3.81. The fraction of sp³-hybridized carbons (Fsp3) is 0.333. The van der Waals surface area contributed by atoms with Crippen molar-refractivity contribution in [3.8, 4) is 0 Å². The Hall–Kier alpha value is -2.27. The van der Waals surface area contributed by atoms with Crippen molar-refractivity contribution in [2.24, 2.45) is 0 Å². The van der Waals surface area contributed by atoms with Crippen molar-refractivity contribution in [3.05, 3.63) is 59.7 Å². The zero-order valence-corrected chi connectivity index (χ0v) is 16.0. The van der Waals surface area contributed by atoms with Gasteiger partial charge in [0, 0.05) is 30.1 Å². The van der Waals surface area contributed by atoms with Crippen LogP contribution in [0.3, 0.4) is 0 Å². The zero-order chi connectivity index (χ0) is 18.5. The van der Waals surface area contributed by atoms with Gasteiger partial charge in [0.15, 0.2) is 0 Å². The van der Waals surface area contributed by atoms with Crippen LogP contribution in [-0.2, 0) is 16.1 Å². The number of hydrogen-bond donors (Lipinski definition) is 1. The van der Waals surface area contributed by atoms with Gasteiger partial charge < -0.3 is 10.2 Å². The molecule has 0 spiro atoms. The number of thioether (sulfide) groups is 1. The van der Waals surface area contributed by atoms with E-state index in [0.29, 0.717) is 13.0 Å². The van der Waals surface area contributed by atoms with E-state index in [2.05, 4.69) is 24.4 Å². The number of carbonyl (C=O) groups excluding carboxylic acids is 2. The van der Waals surface area contributed by atoms with Gasteiger partial charge in [-0.25, -0.2) is 0 Å². The highest BCUT2D eigenvalue weighted by Crippen LogP contribution is 2.24. The number of nitrogens with one attached hydrogen (secondary N) is 1. The van der Waals surface area contributed by atoms with E-state index in [1.807, 2.05) is 48.2 Å². The van der Waals surface area contributed by atoms with Crippen LogP contribution in [0, 0.1) is 6.92 Å². The van der Waals surface area contributed by atoms with E-state index >= 15 is 0 Å². The van der Waals surface area contributed by atoms with Crippen LogP contribution < -0.4 is 10.2 Å². The molecular weight excluding hydrogens is 344 g/mol. The third-order valence-corrected chi connectivity index (χ3v) is 5.60. The van der Waals surface area contributed by atoms with E-state index in [4.69, 9.17) is 0 Å². The Labute approximate surface area is 159 Å². The molecule has 1 heterocycles. The molecule has 1 aliphatic heterocycles. The Balaban J connectivity index is 1.50. The van der Waals surface area contributed by atoms with Gasteiger partial charge in [0.1, 0.15) is 0 Å². The van der Waals surface area contributed by atoms with Crippen molar-refractivity contribution < 1.29 is 9.59 Å². The van der Waals surface area contributed by atoms with Gasteiger partial charge in [-0.2, -0.15) is 0 Å². The SMILES string of the molecule is Cc1ccc(S[C@@H](C)C(=O)NCc2ccc(N3CCCC3=O)cc2)cc1. The highest BCUT2D eigenvalue weighted by molar-refractivity contribution is 8.00. The van der Waals surface area contributed by atoms with Gasteiger partial charge in [-0.15, -0.1) is 11.8 Å². The van der Waals surface area contributed by atoms with E-state index in [1.54, 1.807) is 11.8 Å². The smallest absolute Gasteiger partial charge is 0.233 e. The molecular formula is C21H24N2O2S. The predicted molar refractivity (Wildman–Crippen MR) is 106 cm³/mol. The van der Waals surface area contributed by atoms with E-state index < -0.39 is 0 Å². The van der Waals surface area contributed by atoms with E-state index in [0.717, 1.165) is 29.1 Å². The lowest BCUT2D eigenvalue weighted by Gasteiger charge is -2.16. The van der Waals surface area contributed by atoms with Crippen LogP contribution >= 0.6 is 11.8 Å². The topological polar surface area (TPSA) is 49.4 Å². The molecule has 3 rings (SSSR count).